The van der Waals surface area contributed by atoms with Gasteiger partial charge in [0.05, 0.1) is 12.5 Å². The molecule has 19 heavy (non-hydrogen) atoms. The van der Waals surface area contributed by atoms with Crippen LogP contribution >= 0.6 is 0 Å². The van der Waals surface area contributed by atoms with Gasteiger partial charge in [-0.05, 0) is 55.8 Å². The van der Waals surface area contributed by atoms with E-state index >= 15 is 0 Å². The van der Waals surface area contributed by atoms with E-state index in [-0.39, 0.29) is 12.0 Å². The van der Waals surface area contributed by atoms with Crippen molar-refractivity contribution in [3.05, 3.63) is 0 Å². The number of hydrogen-bond donors (Lipinski definition) is 2. The predicted octanol–water partition coefficient (Wildman–Crippen LogP) is 1.29. The quantitative estimate of drug-likeness (QED) is 0.788. The molecule has 0 aliphatic heterocycles. The first kappa shape index (κ1) is 13.4. The van der Waals surface area contributed by atoms with Gasteiger partial charge in [-0.3, -0.25) is 4.79 Å². The lowest BCUT2D eigenvalue weighted by Crippen LogP contribution is -2.56. The monoisotopic (exact) mass is 266 g/mol. The molecule has 4 saturated carbocycles. The summed E-state index contributed by atoms with van der Waals surface area (Å²) in [5, 5.41) is 3.29. The van der Waals surface area contributed by atoms with Gasteiger partial charge >= 0.3 is 0 Å². The second-order valence-electron chi connectivity index (χ2n) is 6.82. The maximum atomic E-state index is 12.1. The second kappa shape index (κ2) is 5.41. The Morgan fingerprint density at radius 2 is 1.79 bits per heavy atom. The summed E-state index contributed by atoms with van der Waals surface area (Å²) in [5.74, 6) is 3.49. The Kier molecular flexibility index (Phi) is 3.81. The molecule has 0 aromatic rings. The average Bonchev–Trinajstić information content (AvgIpc) is 2.39. The Morgan fingerprint density at radius 3 is 2.26 bits per heavy atom. The van der Waals surface area contributed by atoms with E-state index in [1.807, 2.05) is 0 Å². The van der Waals surface area contributed by atoms with Gasteiger partial charge in [0.1, 0.15) is 0 Å². The number of amides is 1. The van der Waals surface area contributed by atoms with Gasteiger partial charge in [-0.25, -0.2) is 0 Å². The number of carbonyl (C=O) groups is 1. The van der Waals surface area contributed by atoms with Gasteiger partial charge in [0.25, 0.3) is 0 Å². The van der Waals surface area contributed by atoms with Crippen molar-refractivity contribution >= 4 is 5.91 Å². The lowest BCUT2D eigenvalue weighted by Gasteiger charge is -2.54. The van der Waals surface area contributed by atoms with Crippen molar-refractivity contribution < 1.29 is 9.53 Å². The average molecular weight is 266 g/mol. The third-order valence-electron chi connectivity index (χ3n) is 5.56. The molecule has 3 N–H and O–H groups in total. The van der Waals surface area contributed by atoms with Crippen molar-refractivity contribution in [1.82, 2.24) is 5.32 Å². The number of ether oxygens (including phenoxy) is 1. The van der Waals surface area contributed by atoms with Gasteiger partial charge in [-0.15, -0.1) is 0 Å². The zero-order valence-corrected chi connectivity index (χ0v) is 11.8. The molecule has 0 spiro atoms. The maximum absolute atomic E-state index is 12.1. The highest BCUT2D eigenvalue weighted by Crippen LogP contribution is 2.53. The molecule has 4 nitrogen and oxygen atoms in total. The standard InChI is InChI=1S/C15H26N2O2/c1-19-13(8-16)7-14(18)17-15-11-3-9-2-10(5-11)6-12(15)4-9/h9-13,15H,2-8,16H2,1H3,(H,17,18). The van der Waals surface area contributed by atoms with Crippen LogP contribution in [-0.4, -0.2) is 31.7 Å². The molecule has 1 amide bonds. The molecule has 1 atom stereocenters. The molecule has 4 rings (SSSR count). The summed E-state index contributed by atoms with van der Waals surface area (Å²) in [7, 11) is 1.62. The van der Waals surface area contributed by atoms with Crippen LogP contribution in [0.4, 0.5) is 0 Å². The van der Waals surface area contributed by atoms with Gasteiger partial charge in [0.15, 0.2) is 0 Å². The molecule has 1 unspecified atom stereocenters. The van der Waals surface area contributed by atoms with Gasteiger partial charge in [-0.2, -0.15) is 0 Å². The Labute approximate surface area is 115 Å². The smallest absolute Gasteiger partial charge is 0.222 e. The van der Waals surface area contributed by atoms with E-state index in [2.05, 4.69) is 5.32 Å². The van der Waals surface area contributed by atoms with Crippen molar-refractivity contribution in [2.24, 2.45) is 29.4 Å². The van der Waals surface area contributed by atoms with Crippen LogP contribution in [0.25, 0.3) is 0 Å². The van der Waals surface area contributed by atoms with Gasteiger partial charge in [0.2, 0.25) is 5.91 Å². The summed E-state index contributed by atoms with van der Waals surface area (Å²) in [4.78, 5) is 12.1. The SMILES string of the molecule is COC(CN)CC(=O)NC1C2CC3CC(C2)CC1C3. The molecular weight excluding hydrogens is 240 g/mol. The summed E-state index contributed by atoms with van der Waals surface area (Å²) in [6.07, 6.45) is 7.05. The minimum atomic E-state index is -0.142. The van der Waals surface area contributed by atoms with Crippen molar-refractivity contribution in [3.63, 3.8) is 0 Å². The van der Waals surface area contributed by atoms with Gasteiger partial charge < -0.3 is 15.8 Å². The second-order valence-corrected chi connectivity index (χ2v) is 6.82. The van der Waals surface area contributed by atoms with E-state index in [0.29, 0.717) is 19.0 Å². The van der Waals surface area contributed by atoms with Crippen molar-refractivity contribution in [1.29, 1.82) is 0 Å². The molecule has 4 heteroatoms. The van der Waals surface area contributed by atoms with Crippen LogP contribution in [-0.2, 0) is 9.53 Å². The number of nitrogens with two attached hydrogens (primary N) is 1. The zero-order chi connectivity index (χ0) is 13.4. The Balaban J connectivity index is 1.56. The topological polar surface area (TPSA) is 64.3 Å². The highest BCUT2D eigenvalue weighted by molar-refractivity contribution is 5.77. The first-order valence-corrected chi connectivity index (χ1v) is 7.71. The van der Waals surface area contributed by atoms with Gasteiger partial charge in [0, 0.05) is 19.7 Å². The molecule has 0 aromatic heterocycles. The van der Waals surface area contributed by atoms with E-state index in [1.165, 1.54) is 32.1 Å². The van der Waals surface area contributed by atoms with E-state index in [1.54, 1.807) is 7.11 Å². The molecule has 4 aliphatic rings. The lowest BCUT2D eigenvalue weighted by molar-refractivity contribution is -0.127. The highest BCUT2D eigenvalue weighted by Gasteiger charge is 2.48. The van der Waals surface area contributed by atoms with E-state index in [9.17, 15) is 4.79 Å². The van der Waals surface area contributed by atoms with Crippen molar-refractivity contribution in [2.45, 2.75) is 50.7 Å². The summed E-state index contributed by atoms with van der Waals surface area (Å²) >= 11 is 0. The predicted molar refractivity (Wildman–Crippen MR) is 73.4 cm³/mol. The fourth-order valence-electron chi connectivity index (χ4n) is 4.88. The Morgan fingerprint density at radius 1 is 1.21 bits per heavy atom. The summed E-state index contributed by atoms with van der Waals surface area (Å²) < 4.78 is 5.19. The number of rotatable bonds is 5. The summed E-state index contributed by atoms with van der Waals surface area (Å²) in [6, 6.07) is 0.426. The molecule has 0 heterocycles. The highest BCUT2D eigenvalue weighted by atomic mass is 16.5. The van der Waals surface area contributed by atoms with Gasteiger partial charge in [-0.1, -0.05) is 0 Å². The summed E-state index contributed by atoms with van der Waals surface area (Å²) in [5.41, 5.74) is 5.58. The first-order chi connectivity index (χ1) is 9.19. The molecule has 108 valence electrons. The van der Waals surface area contributed by atoms with Crippen LogP contribution in [0.1, 0.15) is 38.5 Å². The van der Waals surface area contributed by atoms with Crippen LogP contribution in [0.3, 0.4) is 0 Å². The Bertz CT molecular complexity index is 313. The third-order valence-corrected chi connectivity index (χ3v) is 5.56. The molecule has 0 saturated heterocycles. The van der Waals surface area contributed by atoms with Crippen LogP contribution < -0.4 is 11.1 Å². The molecular formula is C15H26N2O2. The molecule has 4 aliphatic carbocycles. The number of methoxy groups -OCH3 is 1. The summed E-state index contributed by atoms with van der Waals surface area (Å²) in [6.45, 7) is 0.408. The zero-order valence-electron chi connectivity index (χ0n) is 11.8. The number of nitrogens with one attached hydrogen (secondary N) is 1. The first-order valence-electron chi connectivity index (χ1n) is 7.71. The molecule has 0 aromatic carbocycles. The van der Waals surface area contributed by atoms with Crippen LogP contribution in [0.2, 0.25) is 0 Å². The van der Waals surface area contributed by atoms with Crippen molar-refractivity contribution in [3.8, 4) is 0 Å². The van der Waals surface area contributed by atoms with Crippen LogP contribution in [0.15, 0.2) is 0 Å². The number of carbonyl (C=O) groups excluding carboxylic acids is 1. The minimum absolute atomic E-state index is 0.120. The molecule has 4 bridgehead atoms. The molecule has 0 radical (unpaired) electrons. The van der Waals surface area contributed by atoms with Crippen LogP contribution in [0, 0.1) is 23.7 Å². The van der Waals surface area contributed by atoms with Crippen LogP contribution in [0.5, 0.6) is 0 Å². The fourth-order valence-corrected chi connectivity index (χ4v) is 4.88. The van der Waals surface area contributed by atoms with E-state index in [4.69, 9.17) is 10.5 Å². The van der Waals surface area contributed by atoms with E-state index in [0.717, 1.165) is 23.7 Å². The lowest BCUT2D eigenvalue weighted by atomic mass is 9.54. The van der Waals surface area contributed by atoms with Crippen molar-refractivity contribution in [2.75, 3.05) is 13.7 Å². The third kappa shape index (κ3) is 2.65. The normalized spacial score (nSPS) is 41.3. The van der Waals surface area contributed by atoms with E-state index < -0.39 is 0 Å². The Hall–Kier alpha value is -0.610. The minimum Gasteiger partial charge on any atom is -0.380 e. The fraction of sp³-hybridized carbons (Fsp3) is 0.933. The number of hydrogen-bond acceptors (Lipinski definition) is 3. The molecule has 4 fully saturated rings. The largest absolute Gasteiger partial charge is 0.380 e. The maximum Gasteiger partial charge on any atom is 0.222 e.